The molecule has 0 bridgehead atoms. The van der Waals surface area contributed by atoms with Gasteiger partial charge in [-0.15, -0.1) is 0 Å². The van der Waals surface area contributed by atoms with Crippen molar-refractivity contribution in [2.24, 2.45) is 11.8 Å². The lowest BCUT2D eigenvalue weighted by atomic mass is 9.65. The van der Waals surface area contributed by atoms with E-state index in [1.165, 1.54) is 36.8 Å². The predicted molar refractivity (Wildman–Crippen MR) is 84.5 cm³/mol. The maximum atomic E-state index is 9.60. The Morgan fingerprint density at radius 2 is 2.00 bits per heavy atom. The summed E-state index contributed by atoms with van der Waals surface area (Å²) >= 11 is 5.48. The molecule has 4 atom stereocenters. The average molecular weight is 284 g/mol. The van der Waals surface area contributed by atoms with Crippen LogP contribution in [0.15, 0.2) is 24.3 Å². The Balaban J connectivity index is 2.04. The van der Waals surface area contributed by atoms with Crippen LogP contribution < -0.4 is 5.32 Å². The molecule has 1 aliphatic carbocycles. The summed E-state index contributed by atoms with van der Waals surface area (Å²) in [6, 6.07) is 11.4. The molecule has 2 nitrogen and oxygen atoms in total. The number of nitriles is 1. The number of hydrogen-bond donors (Lipinski definition) is 1. The summed E-state index contributed by atoms with van der Waals surface area (Å²) in [7, 11) is 0. The number of nitrogens with zero attached hydrogens (tertiary/aromatic N) is 1. The lowest BCUT2D eigenvalue weighted by Crippen LogP contribution is -2.53. The van der Waals surface area contributed by atoms with Crippen LogP contribution in [0, 0.1) is 30.1 Å². The van der Waals surface area contributed by atoms with Gasteiger partial charge in [-0.2, -0.15) is 5.26 Å². The Hall–Kier alpha value is -1.40. The minimum atomic E-state index is -0.176. The van der Waals surface area contributed by atoms with Crippen LogP contribution in [0.1, 0.15) is 42.7 Å². The molecule has 1 heterocycles. The van der Waals surface area contributed by atoms with Crippen molar-refractivity contribution >= 4 is 17.2 Å². The Bertz CT molecular complexity index is 560. The van der Waals surface area contributed by atoms with Crippen LogP contribution in [0.5, 0.6) is 0 Å². The van der Waals surface area contributed by atoms with Gasteiger partial charge in [0.15, 0.2) is 0 Å². The van der Waals surface area contributed by atoms with E-state index >= 15 is 0 Å². The minimum Gasteiger partial charge on any atom is -0.376 e. The molecule has 0 amide bonds. The van der Waals surface area contributed by atoms with Crippen LogP contribution in [-0.2, 0) is 0 Å². The number of thiocarbonyl (C=S) groups is 1. The molecule has 1 aromatic rings. The molecule has 2 fully saturated rings. The molecular formula is C17H20N2S. The fourth-order valence-corrected chi connectivity index (χ4v) is 4.31. The molecule has 0 aromatic heterocycles. The monoisotopic (exact) mass is 284 g/mol. The normalized spacial score (nSPS) is 32.9. The van der Waals surface area contributed by atoms with Crippen LogP contribution in [0.2, 0.25) is 0 Å². The standard InChI is InChI=1S/C17H20N2S/c1-11-6-2-3-7-12(11)16-13-8-4-5-9-15(13)19-17(20)14(16)10-18/h2-3,6-7,13-16H,4-5,8-9H2,1H3,(H,19,20). The average Bonchev–Trinajstić information content (AvgIpc) is 2.46. The van der Waals surface area contributed by atoms with Crippen molar-refractivity contribution in [2.75, 3.05) is 0 Å². The molecule has 3 rings (SSSR count). The Morgan fingerprint density at radius 1 is 1.25 bits per heavy atom. The maximum Gasteiger partial charge on any atom is 0.104 e. The second-order valence-electron chi connectivity index (χ2n) is 6.05. The van der Waals surface area contributed by atoms with Crippen molar-refractivity contribution in [1.29, 1.82) is 5.26 Å². The quantitative estimate of drug-likeness (QED) is 0.799. The van der Waals surface area contributed by atoms with Crippen LogP contribution in [0.3, 0.4) is 0 Å². The number of piperidine rings is 1. The van der Waals surface area contributed by atoms with E-state index in [1.54, 1.807) is 0 Å². The maximum absolute atomic E-state index is 9.60. The van der Waals surface area contributed by atoms with Crippen LogP contribution in [-0.4, -0.2) is 11.0 Å². The van der Waals surface area contributed by atoms with Gasteiger partial charge in [0.25, 0.3) is 0 Å². The Kier molecular flexibility index (Phi) is 3.76. The van der Waals surface area contributed by atoms with Gasteiger partial charge in [0, 0.05) is 12.0 Å². The second-order valence-corrected chi connectivity index (χ2v) is 6.49. The highest BCUT2D eigenvalue weighted by molar-refractivity contribution is 7.80. The van der Waals surface area contributed by atoms with E-state index < -0.39 is 0 Å². The summed E-state index contributed by atoms with van der Waals surface area (Å²) in [5, 5.41) is 13.0. The summed E-state index contributed by atoms with van der Waals surface area (Å²) in [5.74, 6) is 0.631. The van der Waals surface area contributed by atoms with E-state index in [2.05, 4.69) is 42.6 Å². The summed E-state index contributed by atoms with van der Waals surface area (Å²) < 4.78 is 0. The first-order valence-corrected chi connectivity index (χ1v) is 7.88. The molecule has 1 aliphatic heterocycles. The van der Waals surface area contributed by atoms with E-state index in [0.29, 0.717) is 12.0 Å². The van der Waals surface area contributed by atoms with Crippen LogP contribution in [0.25, 0.3) is 0 Å². The van der Waals surface area contributed by atoms with Gasteiger partial charge in [-0.1, -0.05) is 49.3 Å². The van der Waals surface area contributed by atoms with Crippen molar-refractivity contribution in [3.8, 4) is 6.07 Å². The highest BCUT2D eigenvalue weighted by Crippen LogP contribution is 2.44. The van der Waals surface area contributed by atoms with Crippen molar-refractivity contribution in [2.45, 2.75) is 44.6 Å². The van der Waals surface area contributed by atoms with E-state index in [-0.39, 0.29) is 11.8 Å². The van der Waals surface area contributed by atoms with Crippen molar-refractivity contribution in [1.82, 2.24) is 5.32 Å². The third kappa shape index (κ3) is 2.23. The number of aryl methyl sites for hydroxylation is 1. The molecule has 20 heavy (non-hydrogen) atoms. The van der Waals surface area contributed by atoms with E-state index in [9.17, 15) is 5.26 Å². The zero-order chi connectivity index (χ0) is 14.1. The molecule has 1 saturated heterocycles. The lowest BCUT2D eigenvalue weighted by Gasteiger charge is -2.45. The highest BCUT2D eigenvalue weighted by Gasteiger charge is 2.44. The van der Waals surface area contributed by atoms with Gasteiger partial charge in [-0.25, -0.2) is 0 Å². The molecule has 4 unspecified atom stereocenters. The molecule has 2 aliphatic rings. The van der Waals surface area contributed by atoms with Gasteiger partial charge in [-0.05, 0) is 36.8 Å². The first-order valence-electron chi connectivity index (χ1n) is 7.48. The molecule has 3 heteroatoms. The van der Waals surface area contributed by atoms with Crippen LogP contribution >= 0.6 is 12.2 Å². The van der Waals surface area contributed by atoms with Gasteiger partial charge in [-0.3, -0.25) is 0 Å². The zero-order valence-electron chi connectivity index (χ0n) is 11.8. The molecular weight excluding hydrogens is 264 g/mol. The van der Waals surface area contributed by atoms with E-state index in [4.69, 9.17) is 12.2 Å². The van der Waals surface area contributed by atoms with Gasteiger partial charge < -0.3 is 5.32 Å². The number of hydrogen-bond acceptors (Lipinski definition) is 2. The van der Waals surface area contributed by atoms with Gasteiger partial charge >= 0.3 is 0 Å². The first-order chi connectivity index (χ1) is 9.72. The molecule has 1 aromatic carbocycles. The number of fused-ring (bicyclic) bond motifs is 1. The Labute approximate surface area is 126 Å². The fraction of sp³-hybridized carbons (Fsp3) is 0.529. The van der Waals surface area contributed by atoms with Crippen molar-refractivity contribution < 1.29 is 0 Å². The molecule has 0 radical (unpaired) electrons. The predicted octanol–water partition coefficient (Wildman–Crippen LogP) is 3.71. The minimum absolute atomic E-state index is 0.176. The van der Waals surface area contributed by atoms with Crippen molar-refractivity contribution in [3.63, 3.8) is 0 Å². The molecule has 1 saturated carbocycles. The van der Waals surface area contributed by atoms with Gasteiger partial charge in [0.1, 0.15) is 5.92 Å². The molecule has 0 spiro atoms. The van der Waals surface area contributed by atoms with Crippen LogP contribution in [0.4, 0.5) is 0 Å². The highest BCUT2D eigenvalue weighted by atomic mass is 32.1. The van der Waals surface area contributed by atoms with Crippen molar-refractivity contribution in [3.05, 3.63) is 35.4 Å². The number of nitrogens with one attached hydrogen (secondary N) is 1. The zero-order valence-corrected chi connectivity index (χ0v) is 12.6. The SMILES string of the molecule is Cc1ccccc1C1C(C#N)C(=S)NC2CCCCC21. The molecule has 104 valence electrons. The van der Waals surface area contributed by atoms with E-state index in [0.717, 1.165) is 4.99 Å². The Morgan fingerprint density at radius 3 is 2.75 bits per heavy atom. The number of benzene rings is 1. The van der Waals surface area contributed by atoms with Gasteiger partial charge in [0.05, 0.1) is 11.1 Å². The summed E-state index contributed by atoms with van der Waals surface area (Å²) in [6.07, 6.45) is 4.94. The van der Waals surface area contributed by atoms with Gasteiger partial charge in [0.2, 0.25) is 0 Å². The largest absolute Gasteiger partial charge is 0.376 e. The fourth-order valence-electron chi connectivity index (χ4n) is 3.96. The third-order valence-electron chi connectivity index (χ3n) is 4.94. The smallest absolute Gasteiger partial charge is 0.104 e. The topological polar surface area (TPSA) is 35.8 Å². The first kappa shape index (κ1) is 13.6. The lowest BCUT2D eigenvalue weighted by molar-refractivity contribution is 0.213. The summed E-state index contributed by atoms with van der Waals surface area (Å²) in [5.41, 5.74) is 2.60. The van der Waals surface area contributed by atoms with E-state index in [1.807, 2.05) is 0 Å². The summed E-state index contributed by atoms with van der Waals surface area (Å²) in [6.45, 7) is 2.15. The number of rotatable bonds is 1. The molecule has 1 N–H and O–H groups in total. The third-order valence-corrected chi connectivity index (χ3v) is 5.31. The second kappa shape index (κ2) is 5.54. The summed E-state index contributed by atoms with van der Waals surface area (Å²) in [4.78, 5) is 0.754.